The summed E-state index contributed by atoms with van der Waals surface area (Å²) in [5, 5.41) is 0. The van der Waals surface area contributed by atoms with Crippen LogP contribution in [0, 0.1) is 0 Å². The van der Waals surface area contributed by atoms with Crippen LogP contribution in [0.4, 0.5) is 0 Å². The molecule has 0 fully saturated rings. The average Bonchev–Trinajstić information content (AvgIpc) is 3.33. The minimum atomic E-state index is -4.38. The van der Waals surface area contributed by atoms with E-state index in [1.807, 2.05) is 21.1 Å². The Hall–Kier alpha value is -3.07. The van der Waals surface area contributed by atoms with E-state index < -0.39 is 26.5 Å². The third kappa shape index (κ3) is 56.1. The van der Waals surface area contributed by atoms with Crippen LogP contribution in [0.3, 0.4) is 0 Å². The van der Waals surface area contributed by atoms with Crippen LogP contribution >= 0.6 is 7.82 Å². The number of phosphoric ester groups is 1. The Morgan fingerprint density at radius 1 is 0.451 bits per heavy atom. The minimum Gasteiger partial charge on any atom is -0.462 e. The van der Waals surface area contributed by atoms with Crippen molar-refractivity contribution in [3.8, 4) is 0 Å². The Kier molecular flexibility index (Phi) is 49.6. The molecule has 0 aromatic heterocycles. The summed E-state index contributed by atoms with van der Waals surface area (Å²) in [6.45, 7) is 4.23. The molecule has 0 spiro atoms. The van der Waals surface area contributed by atoms with Crippen LogP contribution in [0.5, 0.6) is 0 Å². The number of carbonyl (C=O) groups is 2. The van der Waals surface area contributed by atoms with E-state index in [1.165, 1.54) is 83.5 Å². The Morgan fingerprint density at radius 2 is 0.803 bits per heavy atom. The standard InChI is InChI=1S/C61H106NO8P/c1-6-8-10-12-14-16-18-19-20-21-22-23-24-25-26-27-28-29-30-31-32-33-34-35-36-37-38-39-40-41-42-43-44-46-48-50-52-54-61(64)70-59(58-69-71(65,66)68-56-55-62(3,4)5)57-67-60(63)53-51-49-47-45-17-15-13-11-9-7-2/h8,10-11,13-14,16,19-20,22-23,25-26,28-29,31-32,59H,6-7,9,12,15,17-18,21,24,27,30,33-58H2,1-5H3/p+1/b10-8-,13-11-,16-14-,20-19-,23-22-,26-25-,29-28-,32-31-. The molecule has 0 aliphatic rings. The van der Waals surface area contributed by atoms with Gasteiger partial charge in [-0.1, -0.05) is 220 Å². The number of allylic oxidation sites excluding steroid dienone is 16. The molecule has 0 amide bonds. The van der Waals surface area contributed by atoms with Crippen LogP contribution < -0.4 is 0 Å². The zero-order valence-electron chi connectivity index (χ0n) is 46.2. The molecule has 9 nitrogen and oxygen atoms in total. The van der Waals surface area contributed by atoms with Crippen molar-refractivity contribution in [2.45, 2.75) is 232 Å². The van der Waals surface area contributed by atoms with Gasteiger partial charge < -0.3 is 18.9 Å². The first kappa shape index (κ1) is 67.9. The summed E-state index contributed by atoms with van der Waals surface area (Å²) >= 11 is 0. The lowest BCUT2D eigenvalue weighted by Crippen LogP contribution is -2.37. The second kappa shape index (κ2) is 51.8. The molecule has 0 aromatic rings. The van der Waals surface area contributed by atoms with Crippen molar-refractivity contribution in [2.24, 2.45) is 0 Å². The zero-order chi connectivity index (χ0) is 52.0. The first-order chi connectivity index (χ1) is 34.5. The van der Waals surface area contributed by atoms with Crippen molar-refractivity contribution in [1.29, 1.82) is 0 Å². The van der Waals surface area contributed by atoms with Crippen LogP contribution in [0.1, 0.15) is 226 Å². The number of phosphoric acid groups is 1. The van der Waals surface area contributed by atoms with E-state index in [1.54, 1.807) is 0 Å². The van der Waals surface area contributed by atoms with Gasteiger partial charge in [-0.3, -0.25) is 18.6 Å². The number of hydrogen-bond donors (Lipinski definition) is 1. The maximum atomic E-state index is 12.8. The van der Waals surface area contributed by atoms with Gasteiger partial charge in [-0.25, -0.2) is 4.57 Å². The number of unbranched alkanes of at least 4 members (excludes halogenated alkanes) is 21. The van der Waals surface area contributed by atoms with Crippen LogP contribution in [-0.4, -0.2) is 74.9 Å². The van der Waals surface area contributed by atoms with Gasteiger partial charge in [0.1, 0.15) is 19.8 Å². The molecule has 0 aliphatic heterocycles. The van der Waals surface area contributed by atoms with Gasteiger partial charge in [0.25, 0.3) is 0 Å². The van der Waals surface area contributed by atoms with Gasteiger partial charge in [-0.2, -0.15) is 0 Å². The number of esters is 2. The molecule has 0 aliphatic carbocycles. The van der Waals surface area contributed by atoms with Crippen molar-refractivity contribution in [3.05, 3.63) is 97.2 Å². The molecule has 2 unspecified atom stereocenters. The summed E-state index contributed by atoms with van der Waals surface area (Å²) in [5.41, 5.74) is 0. The number of nitrogens with zero attached hydrogens (tertiary/aromatic N) is 1. The van der Waals surface area contributed by atoms with Crippen LogP contribution in [0.2, 0.25) is 0 Å². The topological polar surface area (TPSA) is 108 Å². The Morgan fingerprint density at radius 3 is 1.21 bits per heavy atom. The molecule has 1 N–H and O–H groups in total. The largest absolute Gasteiger partial charge is 0.472 e. The predicted octanol–water partition coefficient (Wildman–Crippen LogP) is 17.6. The van der Waals surface area contributed by atoms with Gasteiger partial charge in [-0.15, -0.1) is 0 Å². The molecule has 0 radical (unpaired) electrons. The van der Waals surface area contributed by atoms with Gasteiger partial charge in [0.15, 0.2) is 6.10 Å². The molecule has 0 heterocycles. The molecule has 2 atom stereocenters. The van der Waals surface area contributed by atoms with Gasteiger partial charge in [0.05, 0.1) is 27.7 Å². The lowest BCUT2D eigenvalue weighted by molar-refractivity contribution is -0.870. The second-order valence-corrected chi connectivity index (χ2v) is 21.4. The number of ether oxygens (including phenoxy) is 2. The number of quaternary nitrogens is 1. The fraction of sp³-hybridized carbons (Fsp3) is 0.705. The molecule has 0 saturated heterocycles. The van der Waals surface area contributed by atoms with Gasteiger partial charge in [-0.05, 0) is 89.9 Å². The maximum absolute atomic E-state index is 12.8. The molecule has 0 aromatic carbocycles. The number of hydrogen-bond acceptors (Lipinski definition) is 7. The Bertz CT molecular complexity index is 1520. The summed E-state index contributed by atoms with van der Waals surface area (Å²) in [7, 11) is 1.47. The second-order valence-electron chi connectivity index (χ2n) is 19.9. The molecule has 0 rings (SSSR count). The smallest absolute Gasteiger partial charge is 0.462 e. The highest BCUT2D eigenvalue weighted by atomic mass is 31.2. The SMILES string of the molecule is CC/C=C\C/C=C\C/C=C\C/C=C\C/C=C\C/C=C\C/C=C\CCCCCCCCCCCCCCCCCC(=O)OC(COC(=O)CCCCCCC/C=C\CCC)COP(=O)(O)OCC[N+](C)(C)C. The molecule has 0 saturated carbocycles. The zero-order valence-corrected chi connectivity index (χ0v) is 47.1. The summed E-state index contributed by atoms with van der Waals surface area (Å²) in [4.78, 5) is 35.5. The molecule has 10 heteroatoms. The number of likely N-dealkylation sites (N-methyl/N-ethyl adjacent to an activating group) is 1. The molecular weight excluding hydrogens is 906 g/mol. The highest BCUT2D eigenvalue weighted by Gasteiger charge is 2.27. The van der Waals surface area contributed by atoms with Gasteiger partial charge in [0, 0.05) is 12.8 Å². The van der Waals surface area contributed by atoms with Crippen molar-refractivity contribution < 1.29 is 42.1 Å². The molecule has 0 bridgehead atoms. The van der Waals surface area contributed by atoms with Gasteiger partial charge in [0.2, 0.25) is 0 Å². The van der Waals surface area contributed by atoms with E-state index in [-0.39, 0.29) is 32.0 Å². The van der Waals surface area contributed by atoms with Crippen LogP contribution in [-0.2, 0) is 32.7 Å². The highest BCUT2D eigenvalue weighted by Crippen LogP contribution is 2.43. The average molecular weight is 1010 g/mol. The van der Waals surface area contributed by atoms with Crippen molar-refractivity contribution >= 4 is 19.8 Å². The molecule has 71 heavy (non-hydrogen) atoms. The quantitative estimate of drug-likeness (QED) is 0.0211. The van der Waals surface area contributed by atoms with E-state index in [0.717, 1.165) is 109 Å². The lowest BCUT2D eigenvalue weighted by atomic mass is 10.0. The fourth-order valence-corrected chi connectivity index (χ4v) is 8.21. The maximum Gasteiger partial charge on any atom is 0.472 e. The first-order valence-electron chi connectivity index (χ1n) is 28.5. The third-order valence-corrected chi connectivity index (χ3v) is 12.8. The first-order valence-corrected chi connectivity index (χ1v) is 30.0. The van der Waals surface area contributed by atoms with Crippen molar-refractivity contribution in [2.75, 3.05) is 47.5 Å². The fourth-order valence-electron chi connectivity index (χ4n) is 7.47. The van der Waals surface area contributed by atoms with E-state index in [4.69, 9.17) is 18.5 Å². The normalized spacial score (nSPS) is 14.1. The van der Waals surface area contributed by atoms with Crippen molar-refractivity contribution in [3.63, 3.8) is 0 Å². The third-order valence-electron chi connectivity index (χ3n) is 11.8. The Balaban J connectivity index is 3.99. The van der Waals surface area contributed by atoms with E-state index in [9.17, 15) is 19.0 Å². The molecule has 408 valence electrons. The van der Waals surface area contributed by atoms with Crippen LogP contribution in [0.25, 0.3) is 0 Å². The summed E-state index contributed by atoms with van der Waals surface area (Å²) in [6, 6.07) is 0. The van der Waals surface area contributed by atoms with Gasteiger partial charge >= 0.3 is 19.8 Å². The van der Waals surface area contributed by atoms with E-state index >= 15 is 0 Å². The summed E-state index contributed by atoms with van der Waals surface area (Å²) in [5.74, 6) is -0.812. The number of carbonyl (C=O) groups excluding carboxylic acids is 2. The monoisotopic (exact) mass is 1010 g/mol. The highest BCUT2D eigenvalue weighted by molar-refractivity contribution is 7.47. The van der Waals surface area contributed by atoms with Crippen LogP contribution in [0.15, 0.2) is 97.2 Å². The summed E-state index contributed by atoms with van der Waals surface area (Å²) in [6.07, 6.45) is 70.7. The lowest BCUT2D eigenvalue weighted by Gasteiger charge is -2.24. The van der Waals surface area contributed by atoms with E-state index in [0.29, 0.717) is 17.4 Å². The Labute approximate surface area is 436 Å². The minimum absolute atomic E-state index is 0.0277. The molecular formula is C61H107NO8P+. The summed E-state index contributed by atoms with van der Waals surface area (Å²) < 4.78 is 34.4. The van der Waals surface area contributed by atoms with Crippen molar-refractivity contribution in [1.82, 2.24) is 0 Å². The number of rotatable bonds is 51. The predicted molar refractivity (Wildman–Crippen MR) is 302 cm³/mol. The van der Waals surface area contributed by atoms with E-state index in [2.05, 4.69) is 111 Å².